The third-order valence-electron chi connectivity index (χ3n) is 3.63. The molecule has 1 N–H and O–H groups in total. The Morgan fingerprint density at radius 3 is 2.78 bits per heavy atom. The van der Waals surface area contributed by atoms with Gasteiger partial charge in [-0.1, -0.05) is 0 Å². The van der Waals surface area contributed by atoms with Gasteiger partial charge in [0, 0.05) is 25.5 Å². The van der Waals surface area contributed by atoms with Gasteiger partial charge in [0.05, 0.1) is 11.3 Å². The zero-order valence-electron chi connectivity index (χ0n) is 10.8. The fourth-order valence-corrected chi connectivity index (χ4v) is 2.47. The third kappa shape index (κ3) is 1.95. The van der Waals surface area contributed by atoms with Gasteiger partial charge in [-0.3, -0.25) is 0 Å². The quantitative estimate of drug-likeness (QED) is 0.826. The molecule has 18 heavy (non-hydrogen) atoms. The maximum Gasteiger partial charge on any atom is 0.154 e. The van der Waals surface area contributed by atoms with Crippen LogP contribution in [-0.4, -0.2) is 38.4 Å². The van der Waals surface area contributed by atoms with Gasteiger partial charge in [0.15, 0.2) is 5.82 Å². The van der Waals surface area contributed by atoms with E-state index >= 15 is 0 Å². The summed E-state index contributed by atoms with van der Waals surface area (Å²) in [5.74, 6) is 0.966. The minimum atomic E-state index is -0.530. The normalized spacial score (nSPS) is 19.4. The summed E-state index contributed by atoms with van der Waals surface area (Å²) in [6.45, 7) is 5.56. The smallest absolute Gasteiger partial charge is 0.154 e. The lowest BCUT2D eigenvalue weighted by atomic mass is 9.94. The Kier molecular flexibility index (Phi) is 2.52. The molecule has 0 bridgehead atoms. The Bertz CT molecular complexity index is 565. The van der Waals surface area contributed by atoms with Crippen molar-refractivity contribution >= 4 is 11.3 Å². The Labute approximate surface area is 106 Å². The number of fused-ring (bicyclic) bond motifs is 1. The maximum atomic E-state index is 9.99. The van der Waals surface area contributed by atoms with Crippen molar-refractivity contribution in [3.8, 4) is 0 Å². The number of hydrogen-bond donors (Lipinski definition) is 1. The van der Waals surface area contributed by atoms with Crippen molar-refractivity contribution in [1.82, 2.24) is 14.6 Å². The van der Waals surface area contributed by atoms with Crippen molar-refractivity contribution in [2.24, 2.45) is 0 Å². The average Bonchev–Trinajstić information content (AvgIpc) is 2.69. The number of aryl methyl sites for hydroxylation is 1. The molecule has 2 aromatic rings. The van der Waals surface area contributed by atoms with Gasteiger partial charge in [0.2, 0.25) is 0 Å². The molecular weight excluding hydrogens is 228 g/mol. The van der Waals surface area contributed by atoms with Crippen LogP contribution in [0.25, 0.3) is 5.52 Å². The van der Waals surface area contributed by atoms with E-state index in [-0.39, 0.29) is 0 Å². The first-order chi connectivity index (χ1) is 8.55. The molecule has 0 amide bonds. The van der Waals surface area contributed by atoms with Crippen molar-refractivity contribution < 1.29 is 5.11 Å². The first kappa shape index (κ1) is 11.5. The molecule has 1 aliphatic heterocycles. The lowest BCUT2D eigenvalue weighted by molar-refractivity contribution is 0.0350. The highest BCUT2D eigenvalue weighted by atomic mass is 16.3. The topological polar surface area (TPSA) is 53.7 Å². The van der Waals surface area contributed by atoms with Gasteiger partial charge in [-0.2, -0.15) is 5.10 Å². The van der Waals surface area contributed by atoms with Crippen molar-refractivity contribution in [3.05, 3.63) is 24.2 Å². The van der Waals surface area contributed by atoms with Crippen molar-refractivity contribution in [2.75, 3.05) is 18.0 Å². The summed E-state index contributed by atoms with van der Waals surface area (Å²) in [7, 11) is 0. The molecule has 1 fully saturated rings. The molecule has 3 heterocycles. The van der Waals surface area contributed by atoms with E-state index in [1.807, 2.05) is 24.6 Å². The molecule has 0 aromatic carbocycles. The van der Waals surface area contributed by atoms with Gasteiger partial charge in [-0.05, 0) is 32.8 Å². The van der Waals surface area contributed by atoms with Crippen LogP contribution in [0.4, 0.5) is 5.82 Å². The van der Waals surface area contributed by atoms with E-state index in [0.717, 1.165) is 43.0 Å². The number of hydrogen-bond acceptors (Lipinski definition) is 4. The van der Waals surface area contributed by atoms with E-state index in [2.05, 4.69) is 21.0 Å². The summed E-state index contributed by atoms with van der Waals surface area (Å²) in [5, 5.41) is 14.4. The molecular formula is C13H18N4O. The van der Waals surface area contributed by atoms with Gasteiger partial charge in [0.25, 0.3) is 0 Å². The summed E-state index contributed by atoms with van der Waals surface area (Å²) in [6.07, 6.45) is 5.21. The molecule has 0 saturated carbocycles. The molecule has 0 atom stereocenters. The molecule has 0 aliphatic carbocycles. The number of aliphatic hydroxyl groups is 1. The Hall–Kier alpha value is -1.62. The van der Waals surface area contributed by atoms with Crippen LogP contribution in [0.1, 0.15) is 25.5 Å². The fourth-order valence-electron chi connectivity index (χ4n) is 2.47. The van der Waals surface area contributed by atoms with Crippen LogP contribution in [-0.2, 0) is 0 Å². The second-order valence-electron chi connectivity index (χ2n) is 5.35. The van der Waals surface area contributed by atoms with Crippen LogP contribution >= 0.6 is 0 Å². The lowest BCUT2D eigenvalue weighted by Gasteiger charge is -2.36. The second-order valence-corrected chi connectivity index (χ2v) is 5.35. The Morgan fingerprint density at radius 2 is 2.06 bits per heavy atom. The van der Waals surface area contributed by atoms with Crippen molar-refractivity contribution in [1.29, 1.82) is 0 Å². The number of anilines is 1. The van der Waals surface area contributed by atoms with E-state index in [1.54, 1.807) is 6.20 Å². The van der Waals surface area contributed by atoms with Crippen LogP contribution in [0, 0.1) is 6.92 Å². The van der Waals surface area contributed by atoms with E-state index < -0.39 is 5.60 Å². The van der Waals surface area contributed by atoms with Gasteiger partial charge < -0.3 is 10.0 Å². The number of nitrogens with zero attached hydrogens (tertiary/aromatic N) is 4. The maximum absolute atomic E-state index is 9.99. The zero-order valence-corrected chi connectivity index (χ0v) is 10.8. The van der Waals surface area contributed by atoms with E-state index in [1.165, 1.54) is 0 Å². The van der Waals surface area contributed by atoms with Gasteiger partial charge in [-0.15, -0.1) is 0 Å². The van der Waals surface area contributed by atoms with E-state index in [0.29, 0.717) is 0 Å². The van der Waals surface area contributed by atoms with Gasteiger partial charge >= 0.3 is 0 Å². The summed E-state index contributed by atoms with van der Waals surface area (Å²) >= 11 is 0. The minimum Gasteiger partial charge on any atom is -0.390 e. The van der Waals surface area contributed by atoms with Crippen molar-refractivity contribution in [3.63, 3.8) is 0 Å². The Balaban J connectivity index is 1.95. The molecule has 5 nitrogen and oxygen atoms in total. The van der Waals surface area contributed by atoms with Crippen molar-refractivity contribution in [2.45, 2.75) is 32.3 Å². The number of aromatic nitrogens is 3. The largest absolute Gasteiger partial charge is 0.390 e. The molecule has 96 valence electrons. The summed E-state index contributed by atoms with van der Waals surface area (Å²) in [5.41, 5.74) is 1.50. The van der Waals surface area contributed by atoms with Crippen LogP contribution < -0.4 is 4.90 Å². The molecule has 1 saturated heterocycles. The van der Waals surface area contributed by atoms with Crippen LogP contribution in [0.5, 0.6) is 0 Å². The first-order valence-electron chi connectivity index (χ1n) is 6.33. The minimum absolute atomic E-state index is 0.530. The highest BCUT2D eigenvalue weighted by Gasteiger charge is 2.28. The summed E-state index contributed by atoms with van der Waals surface area (Å²) in [4.78, 5) is 6.71. The molecule has 0 unspecified atom stereocenters. The highest BCUT2D eigenvalue weighted by molar-refractivity contribution is 5.69. The monoisotopic (exact) mass is 246 g/mol. The molecule has 0 radical (unpaired) electrons. The lowest BCUT2D eigenvalue weighted by Crippen LogP contribution is -2.42. The van der Waals surface area contributed by atoms with Crippen LogP contribution in [0.2, 0.25) is 0 Å². The number of piperidine rings is 1. The number of rotatable bonds is 1. The average molecular weight is 246 g/mol. The van der Waals surface area contributed by atoms with E-state index in [9.17, 15) is 5.11 Å². The van der Waals surface area contributed by atoms with Crippen LogP contribution in [0.15, 0.2) is 18.5 Å². The van der Waals surface area contributed by atoms with Gasteiger partial charge in [0.1, 0.15) is 5.52 Å². The zero-order chi connectivity index (χ0) is 12.8. The molecule has 0 spiro atoms. The third-order valence-corrected chi connectivity index (χ3v) is 3.63. The summed E-state index contributed by atoms with van der Waals surface area (Å²) in [6, 6.07) is 2.05. The SMILES string of the molecule is Cc1cc2c(N3CCC(C)(O)CC3)nccn2n1. The van der Waals surface area contributed by atoms with Gasteiger partial charge in [-0.25, -0.2) is 9.50 Å². The predicted octanol–water partition coefficient (Wildman–Crippen LogP) is 1.39. The summed E-state index contributed by atoms with van der Waals surface area (Å²) < 4.78 is 1.87. The second kappa shape index (κ2) is 3.95. The Morgan fingerprint density at radius 1 is 1.33 bits per heavy atom. The molecule has 5 heteroatoms. The molecule has 1 aliphatic rings. The predicted molar refractivity (Wildman–Crippen MR) is 69.8 cm³/mol. The van der Waals surface area contributed by atoms with E-state index in [4.69, 9.17) is 0 Å². The molecule has 3 rings (SSSR count). The standard InChI is InChI=1S/C13H18N4O/c1-10-9-11-12(14-5-8-17(11)15-10)16-6-3-13(2,18)4-7-16/h5,8-9,18H,3-4,6-7H2,1-2H3. The highest BCUT2D eigenvalue weighted by Crippen LogP contribution is 2.27. The fraction of sp³-hybridized carbons (Fsp3) is 0.538. The first-order valence-corrected chi connectivity index (χ1v) is 6.33. The van der Waals surface area contributed by atoms with Crippen LogP contribution in [0.3, 0.4) is 0 Å². The molecule has 2 aromatic heterocycles.